The van der Waals surface area contributed by atoms with E-state index >= 15 is 0 Å². The van der Waals surface area contributed by atoms with E-state index in [-0.39, 0.29) is 5.54 Å². The molecule has 1 fully saturated rings. The lowest BCUT2D eigenvalue weighted by molar-refractivity contribution is 0.208. The normalized spacial score (nSPS) is 23.6. The summed E-state index contributed by atoms with van der Waals surface area (Å²) in [6, 6.07) is 6.20. The van der Waals surface area contributed by atoms with Gasteiger partial charge in [0.2, 0.25) is 0 Å². The monoisotopic (exact) mass is 292 g/mol. The second-order valence-corrected chi connectivity index (χ2v) is 6.09. The fourth-order valence-corrected chi connectivity index (χ4v) is 2.93. The third-order valence-corrected chi connectivity index (χ3v) is 4.41. The Kier molecular flexibility index (Phi) is 5.48. The molecule has 1 aromatic carbocycles. The second kappa shape index (κ2) is 7.14. The number of hydrogen-bond donors (Lipinski definition) is 1. The van der Waals surface area contributed by atoms with Gasteiger partial charge >= 0.3 is 0 Å². The van der Waals surface area contributed by atoms with Crippen molar-refractivity contribution in [3.63, 3.8) is 0 Å². The zero-order valence-corrected chi connectivity index (χ0v) is 13.7. The number of nitrogens with one attached hydrogen (secondary N) is 1. The molecule has 1 unspecified atom stereocenters. The van der Waals surface area contributed by atoms with E-state index in [1.54, 1.807) is 14.2 Å². The molecule has 0 radical (unpaired) electrons. The van der Waals surface area contributed by atoms with Crippen molar-refractivity contribution in [3.05, 3.63) is 23.8 Å². The maximum atomic E-state index is 5.40. The molecule has 1 aliphatic heterocycles. The van der Waals surface area contributed by atoms with Gasteiger partial charge in [-0.1, -0.05) is 13.0 Å². The minimum absolute atomic E-state index is 0.215. The number of methoxy groups -OCH3 is 2. The lowest BCUT2D eigenvalue weighted by Crippen LogP contribution is -2.48. The standard InChI is InChI=1S/C17H28N2O2/c1-5-17(2)13-19(10-6-9-18-17)12-14-7-8-15(20-3)16(11-14)21-4/h7-8,11,18H,5-6,9-10,12-13H2,1-4H3. The molecule has 1 aliphatic rings. The minimum Gasteiger partial charge on any atom is -0.493 e. The highest BCUT2D eigenvalue weighted by molar-refractivity contribution is 5.42. The lowest BCUT2D eigenvalue weighted by Gasteiger charge is -2.32. The summed E-state index contributed by atoms with van der Waals surface area (Å²) < 4.78 is 10.7. The van der Waals surface area contributed by atoms with E-state index in [4.69, 9.17) is 9.47 Å². The van der Waals surface area contributed by atoms with Crippen LogP contribution in [0.4, 0.5) is 0 Å². The maximum absolute atomic E-state index is 5.40. The number of benzene rings is 1. The Morgan fingerprint density at radius 3 is 2.67 bits per heavy atom. The summed E-state index contributed by atoms with van der Waals surface area (Å²) in [5, 5.41) is 3.68. The van der Waals surface area contributed by atoms with E-state index in [0.717, 1.165) is 44.1 Å². The fraction of sp³-hybridized carbons (Fsp3) is 0.647. The summed E-state index contributed by atoms with van der Waals surface area (Å²) in [5.41, 5.74) is 1.49. The summed E-state index contributed by atoms with van der Waals surface area (Å²) in [6.07, 6.45) is 2.35. The van der Waals surface area contributed by atoms with Gasteiger partial charge in [0.25, 0.3) is 0 Å². The predicted molar refractivity (Wildman–Crippen MR) is 86.1 cm³/mol. The largest absolute Gasteiger partial charge is 0.493 e. The Morgan fingerprint density at radius 2 is 2.00 bits per heavy atom. The van der Waals surface area contributed by atoms with Gasteiger partial charge in [0, 0.05) is 18.6 Å². The second-order valence-electron chi connectivity index (χ2n) is 6.09. The van der Waals surface area contributed by atoms with Crippen LogP contribution < -0.4 is 14.8 Å². The average Bonchev–Trinajstić information content (AvgIpc) is 2.69. The quantitative estimate of drug-likeness (QED) is 0.904. The highest BCUT2D eigenvalue weighted by atomic mass is 16.5. The van der Waals surface area contributed by atoms with Crippen LogP contribution in [0, 0.1) is 0 Å². The fourth-order valence-electron chi connectivity index (χ4n) is 2.93. The molecule has 2 rings (SSSR count). The summed E-state index contributed by atoms with van der Waals surface area (Å²) in [7, 11) is 3.36. The van der Waals surface area contributed by atoms with Crippen LogP contribution in [0.2, 0.25) is 0 Å². The Morgan fingerprint density at radius 1 is 1.24 bits per heavy atom. The van der Waals surface area contributed by atoms with E-state index < -0.39 is 0 Å². The first-order valence-electron chi connectivity index (χ1n) is 7.78. The molecular weight excluding hydrogens is 264 g/mol. The van der Waals surface area contributed by atoms with Gasteiger partial charge < -0.3 is 14.8 Å². The molecule has 1 aromatic rings. The van der Waals surface area contributed by atoms with Crippen molar-refractivity contribution < 1.29 is 9.47 Å². The molecule has 4 heteroatoms. The molecule has 0 aliphatic carbocycles. The molecule has 0 amide bonds. The van der Waals surface area contributed by atoms with Gasteiger partial charge in [-0.3, -0.25) is 4.90 Å². The molecule has 1 heterocycles. The molecule has 21 heavy (non-hydrogen) atoms. The van der Waals surface area contributed by atoms with Crippen LogP contribution >= 0.6 is 0 Å². The van der Waals surface area contributed by atoms with Crippen LogP contribution in [0.25, 0.3) is 0 Å². The van der Waals surface area contributed by atoms with Gasteiger partial charge in [-0.25, -0.2) is 0 Å². The van der Waals surface area contributed by atoms with Crippen molar-refractivity contribution in [1.29, 1.82) is 0 Å². The summed E-state index contributed by atoms with van der Waals surface area (Å²) in [5.74, 6) is 1.60. The summed E-state index contributed by atoms with van der Waals surface area (Å²) >= 11 is 0. The smallest absolute Gasteiger partial charge is 0.161 e. The zero-order chi connectivity index (χ0) is 15.3. The van der Waals surface area contributed by atoms with Crippen LogP contribution in [-0.4, -0.2) is 44.3 Å². The van der Waals surface area contributed by atoms with E-state index in [9.17, 15) is 0 Å². The van der Waals surface area contributed by atoms with Crippen molar-refractivity contribution in [2.24, 2.45) is 0 Å². The van der Waals surface area contributed by atoms with Crippen LogP contribution in [0.5, 0.6) is 11.5 Å². The third-order valence-electron chi connectivity index (χ3n) is 4.41. The topological polar surface area (TPSA) is 33.7 Å². The molecular formula is C17H28N2O2. The molecule has 4 nitrogen and oxygen atoms in total. The Hall–Kier alpha value is -1.26. The van der Waals surface area contributed by atoms with Gasteiger partial charge in [0.1, 0.15) is 0 Å². The van der Waals surface area contributed by atoms with Crippen molar-refractivity contribution in [1.82, 2.24) is 10.2 Å². The van der Waals surface area contributed by atoms with Gasteiger partial charge in [-0.05, 0) is 50.6 Å². The van der Waals surface area contributed by atoms with E-state index in [0.29, 0.717) is 0 Å². The lowest BCUT2D eigenvalue weighted by atomic mass is 9.98. The van der Waals surface area contributed by atoms with Gasteiger partial charge in [-0.2, -0.15) is 0 Å². The molecule has 1 saturated heterocycles. The van der Waals surface area contributed by atoms with E-state index in [1.807, 2.05) is 6.07 Å². The number of rotatable bonds is 5. The molecule has 0 spiro atoms. The van der Waals surface area contributed by atoms with Crippen LogP contribution in [0.15, 0.2) is 18.2 Å². The van der Waals surface area contributed by atoms with Crippen LogP contribution in [0.1, 0.15) is 32.3 Å². The zero-order valence-electron chi connectivity index (χ0n) is 13.7. The minimum atomic E-state index is 0.215. The Labute approximate surface area is 128 Å². The number of nitrogens with zero attached hydrogens (tertiary/aromatic N) is 1. The Balaban J connectivity index is 2.09. The van der Waals surface area contributed by atoms with E-state index in [2.05, 4.69) is 36.2 Å². The predicted octanol–water partition coefficient (Wildman–Crippen LogP) is 2.67. The van der Waals surface area contributed by atoms with E-state index in [1.165, 1.54) is 12.0 Å². The SMILES string of the molecule is CCC1(C)CN(Cc2ccc(OC)c(OC)c2)CCCN1. The maximum Gasteiger partial charge on any atom is 0.161 e. The third kappa shape index (κ3) is 4.11. The highest BCUT2D eigenvalue weighted by Gasteiger charge is 2.27. The molecule has 0 aromatic heterocycles. The van der Waals surface area contributed by atoms with Gasteiger partial charge in [0.05, 0.1) is 14.2 Å². The first-order chi connectivity index (χ1) is 10.1. The summed E-state index contributed by atoms with van der Waals surface area (Å²) in [6.45, 7) is 8.85. The first-order valence-corrected chi connectivity index (χ1v) is 7.78. The molecule has 118 valence electrons. The average molecular weight is 292 g/mol. The van der Waals surface area contributed by atoms with Crippen LogP contribution in [-0.2, 0) is 6.54 Å². The van der Waals surface area contributed by atoms with Crippen LogP contribution in [0.3, 0.4) is 0 Å². The molecule has 0 saturated carbocycles. The molecule has 1 N–H and O–H groups in total. The van der Waals surface area contributed by atoms with Crippen molar-refractivity contribution in [3.8, 4) is 11.5 Å². The van der Waals surface area contributed by atoms with Gasteiger partial charge in [-0.15, -0.1) is 0 Å². The summed E-state index contributed by atoms with van der Waals surface area (Å²) in [4.78, 5) is 2.53. The molecule has 1 atom stereocenters. The highest BCUT2D eigenvalue weighted by Crippen LogP contribution is 2.28. The molecule has 0 bridgehead atoms. The number of hydrogen-bond acceptors (Lipinski definition) is 4. The van der Waals surface area contributed by atoms with Crippen molar-refractivity contribution in [2.45, 2.75) is 38.8 Å². The van der Waals surface area contributed by atoms with Gasteiger partial charge in [0.15, 0.2) is 11.5 Å². The van der Waals surface area contributed by atoms with Crippen molar-refractivity contribution in [2.75, 3.05) is 33.9 Å². The first kappa shape index (κ1) is 16.1. The Bertz CT molecular complexity index is 464. The van der Waals surface area contributed by atoms with Crippen molar-refractivity contribution >= 4 is 0 Å². The number of ether oxygens (including phenoxy) is 2.